The Morgan fingerprint density at radius 1 is 0.933 bits per heavy atom. The first-order valence-electron chi connectivity index (χ1n) is 10.4. The van der Waals surface area contributed by atoms with Gasteiger partial charge < -0.3 is 10.6 Å². The van der Waals surface area contributed by atoms with Gasteiger partial charge in [-0.05, 0) is 55.1 Å². The topological polar surface area (TPSA) is 58.2 Å². The maximum Gasteiger partial charge on any atom is 0.231 e. The fraction of sp³-hybridized carbons (Fsp3) is 0.231. The standard InChI is InChI=1S/C26H26N2O2/c1-18(21-8-5-9-22(16-21)25(29)20-6-3-2-4-7-20)26(30)28-24-12-10-19(11-13-24)23-14-15-27-17-23/h2-13,16,18,23,27H,14-15,17H2,1H3,(H,28,30). The zero-order valence-electron chi connectivity index (χ0n) is 17.1. The molecule has 0 bridgehead atoms. The Labute approximate surface area is 177 Å². The molecule has 30 heavy (non-hydrogen) atoms. The van der Waals surface area contributed by atoms with Crippen LogP contribution in [0.3, 0.4) is 0 Å². The Morgan fingerprint density at radius 2 is 1.67 bits per heavy atom. The minimum atomic E-state index is -0.368. The van der Waals surface area contributed by atoms with Gasteiger partial charge in [-0.25, -0.2) is 0 Å². The van der Waals surface area contributed by atoms with Gasteiger partial charge in [0.15, 0.2) is 5.78 Å². The molecule has 0 aliphatic carbocycles. The third-order valence-electron chi connectivity index (χ3n) is 5.79. The first kappa shape index (κ1) is 20.0. The molecule has 2 N–H and O–H groups in total. The van der Waals surface area contributed by atoms with E-state index in [0.29, 0.717) is 17.0 Å². The molecule has 1 aliphatic heterocycles. The van der Waals surface area contributed by atoms with E-state index >= 15 is 0 Å². The monoisotopic (exact) mass is 398 g/mol. The van der Waals surface area contributed by atoms with Crippen LogP contribution in [-0.4, -0.2) is 24.8 Å². The summed E-state index contributed by atoms with van der Waals surface area (Å²) in [7, 11) is 0. The predicted octanol–water partition coefficient (Wildman–Crippen LogP) is 4.74. The number of benzene rings is 3. The molecule has 1 aliphatic rings. The molecule has 2 unspecified atom stereocenters. The summed E-state index contributed by atoms with van der Waals surface area (Å²) in [6.45, 7) is 3.94. The van der Waals surface area contributed by atoms with Crippen LogP contribution in [0.1, 0.15) is 52.2 Å². The summed E-state index contributed by atoms with van der Waals surface area (Å²) in [5.41, 5.74) is 4.15. The number of amides is 1. The van der Waals surface area contributed by atoms with Crippen LogP contribution < -0.4 is 10.6 Å². The normalized spacial score (nSPS) is 16.8. The van der Waals surface area contributed by atoms with Crippen molar-refractivity contribution in [2.45, 2.75) is 25.2 Å². The Balaban J connectivity index is 1.44. The maximum atomic E-state index is 12.8. The SMILES string of the molecule is CC(C(=O)Nc1ccc(C2CCNC2)cc1)c1cccc(C(=O)c2ccccc2)c1. The van der Waals surface area contributed by atoms with Crippen molar-refractivity contribution in [1.29, 1.82) is 0 Å². The quantitative estimate of drug-likeness (QED) is 0.590. The van der Waals surface area contributed by atoms with Gasteiger partial charge in [0.1, 0.15) is 0 Å². The Hall–Kier alpha value is -3.24. The van der Waals surface area contributed by atoms with Crippen LogP contribution in [0.25, 0.3) is 0 Å². The van der Waals surface area contributed by atoms with Gasteiger partial charge in [-0.2, -0.15) is 0 Å². The lowest BCUT2D eigenvalue weighted by Gasteiger charge is -2.15. The third-order valence-corrected chi connectivity index (χ3v) is 5.79. The summed E-state index contributed by atoms with van der Waals surface area (Å²) >= 11 is 0. The average molecular weight is 399 g/mol. The molecule has 1 fully saturated rings. The minimum absolute atomic E-state index is 0.0398. The summed E-state index contributed by atoms with van der Waals surface area (Å²) in [5.74, 6) is 0.0578. The van der Waals surface area contributed by atoms with Crippen molar-refractivity contribution < 1.29 is 9.59 Å². The molecule has 1 heterocycles. The van der Waals surface area contributed by atoms with E-state index in [9.17, 15) is 9.59 Å². The molecule has 0 saturated carbocycles. The smallest absolute Gasteiger partial charge is 0.231 e. The first-order chi connectivity index (χ1) is 14.6. The van der Waals surface area contributed by atoms with Crippen LogP contribution in [-0.2, 0) is 4.79 Å². The number of rotatable bonds is 6. The molecule has 3 aromatic carbocycles. The van der Waals surface area contributed by atoms with Crippen LogP contribution >= 0.6 is 0 Å². The van der Waals surface area contributed by atoms with E-state index in [1.54, 1.807) is 18.2 Å². The molecule has 1 amide bonds. The first-order valence-corrected chi connectivity index (χ1v) is 10.4. The van der Waals surface area contributed by atoms with Gasteiger partial charge in [-0.3, -0.25) is 9.59 Å². The van der Waals surface area contributed by atoms with E-state index < -0.39 is 0 Å². The molecule has 1 saturated heterocycles. The highest BCUT2D eigenvalue weighted by molar-refractivity contribution is 6.09. The highest BCUT2D eigenvalue weighted by atomic mass is 16.2. The molecule has 4 nitrogen and oxygen atoms in total. The molecule has 3 aromatic rings. The number of carbonyl (C=O) groups excluding carboxylic acids is 2. The molecule has 4 rings (SSSR count). The maximum absolute atomic E-state index is 12.8. The second-order valence-corrected chi connectivity index (χ2v) is 7.84. The lowest BCUT2D eigenvalue weighted by molar-refractivity contribution is -0.117. The minimum Gasteiger partial charge on any atom is -0.326 e. The molecular weight excluding hydrogens is 372 g/mol. The zero-order valence-corrected chi connectivity index (χ0v) is 17.1. The summed E-state index contributed by atoms with van der Waals surface area (Å²) in [4.78, 5) is 25.5. The van der Waals surface area contributed by atoms with Crippen molar-refractivity contribution in [3.05, 3.63) is 101 Å². The summed E-state index contributed by atoms with van der Waals surface area (Å²) < 4.78 is 0. The molecule has 0 spiro atoms. The van der Waals surface area contributed by atoms with Crippen LogP contribution in [0.5, 0.6) is 0 Å². The number of ketones is 1. The summed E-state index contributed by atoms with van der Waals surface area (Å²) in [6, 6.07) is 24.6. The van der Waals surface area contributed by atoms with Crippen LogP contribution in [0.4, 0.5) is 5.69 Å². The van der Waals surface area contributed by atoms with Crippen LogP contribution in [0.2, 0.25) is 0 Å². The molecule has 0 aromatic heterocycles. The van der Waals surface area contributed by atoms with E-state index in [1.165, 1.54) is 5.56 Å². The van der Waals surface area contributed by atoms with E-state index in [0.717, 1.165) is 30.8 Å². The van der Waals surface area contributed by atoms with Crippen molar-refractivity contribution in [3.63, 3.8) is 0 Å². The number of anilines is 1. The lowest BCUT2D eigenvalue weighted by Crippen LogP contribution is -2.19. The second-order valence-electron chi connectivity index (χ2n) is 7.84. The molecule has 0 radical (unpaired) electrons. The Bertz CT molecular complexity index is 1020. The average Bonchev–Trinajstić information content (AvgIpc) is 3.34. The van der Waals surface area contributed by atoms with Crippen LogP contribution in [0, 0.1) is 0 Å². The van der Waals surface area contributed by atoms with Gasteiger partial charge in [-0.15, -0.1) is 0 Å². The molecule has 2 atom stereocenters. The summed E-state index contributed by atoms with van der Waals surface area (Å²) in [5, 5.41) is 6.38. The lowest BCUT2D eigenvalue weighted by atomic mass is 9.95. The molecular formula is C26H26N2O2. The largest absolute Gasteiger partial charge is 0.326 e. The van der Waals surface area contributed by atoms with Crippen molar-refractivity contribution in [1.82, 2.24) is 5.32 Å². The Morgan fingerprint density at radius 3 is 2.37 bits per heavy atom. The highest BCUT2D eigenvalue weighted by Gasteiger charge is 2.19. The van der Waals surface area contributed by atoms with Gasteiger partial charge in [0.25, 0.3) is 0 Å². The number of hydrogen-bond acceptors (Lipinski definition) is 3. The van der Waals surface area contributed by atoms with Crippen molar-refractivity contribution in [2.75, 3.05) is 18.4 Å². The van der Waals surface area contributed by atoms with Gasteiger partial charge in [-0.1, -0.05) is 60.7 Å². The Kier molecular flexibility index (Phi) is 6.05. The second kappa shape index (κ2) is 9.06. The summed E-state index contributed by atoms with van der Waals surface area (Å²) in [6.07, 6.45) is 1.15. The number of hydrogen-bond donors (Lipinski definition) is 2. The molecule has 152 valence electrons. The van der Waals surface area contributed by atoms with Gasteiger partial charge in [0, 0.05) is 23.4 Å². The van der Waals surface area contributed by atoms with Crippen molar-refractivity contribution in [2.24, 2.45) is 0 Å². The van der Waals surface area contributed by atoms with E-state index in [4.69, 9.17) is 0 Å². The van der Waals surface area contributed by atoms with Crippen molar-refractivity contribution >= 4 is 17.4 Å². The fourth-order valence-corrected chi connectivity index (χ4v) is 3.89. The zero-order chi connectivity index (χ0) is 20.9. The molecule has 4 heteroatoms. The fourth-order valence-electron chi connectivity index (χ4n) is 3.89. The van der Waals surface area contributed by atoms with Gasteiger partial charge in [0.05, 0.1) is 5.92 Å². The predicted molar refractivity (Wildman–Crippen MR) is 120 cm³/mol. The third kappa shape index (κ3) is 4.50. The number of nitrogens with one attached hydrogen (secondary N) is 2. The van der Waals surface area contributed by atoms with Gasteiger partial charge in [0.2, 0.25) is 5.91 Å². The highest BCUT2D eigenvalue weighted by Crippen LogP contribution is 2.25. The van der Waals surface area contributed by atoms with E-state index in [2.05, 4.69) is 22.8 Å². The number of carbonyl (C=O) groups is 2. The van der Waals surface area contributed by atoms with Gasteiger partial charge >= 0.3 is 0 Å². The van der Waals surface area contributed by atoms with Crippen LogP contribution in [0.15, 0.2) is 78.9 Å². The van der Waals surface area contributed by atoms with Crippen molar-refractivity contribution in [3.8, 4) is 0 Å². The van der Waals surface area contributed by atoms with E-state index in [1.807, 2.05) is 55.5 Å². The van der Waals surface area contributed by atoms with E-state index in [-0.39, 0.29) is 17.6 Å².